The molecule has 0 aliphatic heterocycles. The zero-order chi connectivity index (χ0) is 18.6. The van der Waals surface area contributed by atoms with Crippen molar-refractivity contribution in [3.63, 3.8) is 0 Å². The molecule has 0 radical (unpaired) electrons. The fourth-order valence-electron chi connectivity index (χ4n) is 2.24. The number of halogens is 3. The first kappa shape index (κ1) is 18.7. The van der Waals surface area contributed by atoms with E-state index in [0.717, 1.165) is 0 Å². The molecule has 1 unspecified atom stereocenters. The number of H-pyrrole nitrogens is 1. The number of nitrogens with zero attached hydrogens (tertiary/aromatic N) is 1. The van der Waals surface area contributed by atoms with Crippen LogP contribution < -0.4 is 10.6 Å². The van der Waals surface area contributed by atoms with Crippen LogP contribution in [-0.2, 0) is 15.8 Å². The maximum absolute atomic E-state index is 12.6. The maximum Gasteiger partial charge on any atom is 0.449 e. The summed E-state index contributed by atoms with van der Waals surface area (Å²) >= 11 is 0. The molecular weight excluding hydrogens is 341 g/mol. The van der Waals surface area contributed by atoms with Crippen molar-refractivity contribution in [1.82, 2.24) is 15.3 Å². The van der Waals surface area contributed by atoms with Gasteiger partial charge in [0.25, 0.3) is 0 Å². The molecule has 0 fully saturated rings. The van der Waals surface area contributed by atoms with Gasteiger partial charge >= 0.3 is 12.1 Å². The van der Waals surface area contributed by atoms with E-state index in [1.807, 2.05) is 6.92 Å². The van der Waals surface area contributed by atoms with Gasteiger partial charge in [-0.2, -0.15) is 13.2 Å². The number of benzene rings is 1. The highest BCUT2D eigenvalue weighted by molar-refractivity contribution is 5.94. The van der Waals surface area contributed by atoms with Crippen LogP contribution in [-0.4, -0.2) is 39.5 Å². The van der Waals surface area contributed by atoms with Crippen molar-refractivity contribution in [2.45, 2.75) is 32.0 Å². The number of aromatic nitrogens is 2. The Bertz CT molecular complexity index is 773. The first-order valence-corrected chi connectivity index (χ1v) is 7.53. The number of hydrogen-bond acceptors (Lipinski definition) is 4. The van der Waals surface area contributed by atoms with Crippen molar-refractivity contribution in [3.8, 4) is 0 Å². The second-order valence-corrected chi connectivity index (χ2v) is 5.42. The molecule has 7 nitrogen and oxygen atoms in total. The molecule has 1 atom stereocenters. The van der Waals surface area contributed by atoms with Gasteiger partial charge in [0, 0.05) is 5.69 Å². The van der Waals surface area contributed by atoms with Crippen molar-refractivity contribution in [3.05, 3.63) is 24.0 Å². The molecule has 2 aromatic rings. The average Bonchev–Trinajstić information content (AvgIpc) is 2.94. The molecule has 0 bridgehead atoms. The lowest BCUT2D eigenvalue weighted by Crippen LogP contribution is -2.41. The van der Waals surface area contributed by atoms with Crippen molar-refractivity contribution >= 4 is 28.6 Å². The fraction of sp³-hybridized carbons (Fsp3) is 0.400. The van der Waals surface area contributed by atoms with Gasteiger partial charge in [0.2, 0.25) is 11.7 Å². The number of carboxylic acids is 1. The summed E-state index contributed by atoms with van der Waals surface area (Å²) in [6, 6.07) is 3.26. The van der Waals surface area contributed by atoms with Crippen molar-refractivity contribution < 1.29 is 27.9 Å². The standard InChI is InChI=1S/C15H17F3N4O3/c1-2-3-10(13(24)25)19-7-12(23)20-8-4-5-9-11(6-8)22-14(21-9)15(16,17)18/h4-6,10,19H,2-3,7H2,1H3,(H,20,23)(H,21,22)(H,24,25). The van der Waals surface area contributed by atoms with E-state index in [4.69, 9.17) is 5.11 Å². The molecule has 136 valence electrons. The largest absolute Gasteiger partial charge is 0.480 e. The number of aromatic amines is 1. The summed E-state index contributed by atoms with van der Waals surface area (Å²) < 4.78 is 37.9. The summed E-state index contributed by atoms with van der Waals surface area (Å²) in [6.45, 7) is 1.60. The predicted molar refractivity (Wildman–Crippen MR) is 84.1 cm³/mol. The SMILES string of the molecule is CCCC(NCC(=O)Nc1ccc2nc(C(F)(F)F)[nH]c2c1)C(=O)O. The van der Waals surface area contributed by atoms with E-state index in [0.29, 0.717) is 12.8 Å². The van der Waals surface area contributed by atoms with E-state index in [2.05, 4.69) is 20.6 Å². The van der Waals surface area contributed by atoms with Crippen molar-refractivity contribution in [1.29, 1.82) is 0 Å². The summed E-state index contributed by atoms with van der Waals surface area (Å²) in [5.74, 6) is -2.66. The Kier molecular flexibility index (Phi) is 5.62. The third-order valence-corrected chi connectivity index (χ3v) is 3.42. The summed E-state index contributed by atoms with van der Waals surface area (Å²) in [5.41, 5.74) is 0.531. The number of carboxylic acid groups (broad SMARTS) is 1. The quantitative estimate of drug-likeness (QED) is 0.608. The van der Waals surface area contributed by atoms with Crippen LogP contribution in [0.5, 0.6) is 0 Å². The van der Waals surface area contributed by atoms with E-state index in [9.17, 15) is 22.8 Å². The van der Waals surface area contributed by atoms with E-state index in [-0.39, 0.29) is 23.3 Å². The Labute approximate surface area is 140 Å². The van der Waals surface area contributed by atoms with E-state index >= 15 is 0 Å². The highest BCUT2D eigenvalue weighted by Crippen LogP contribution is 2.29. The monoisotopic (exact) mass is 358 g/mol. The third kappa shape index (κ3) is 4.92. The lowest BCUT2D eigenvalue weighted by Gasteiger charge is -2.13. The number of alkyl halides is 3. The van der Waals surface area contributed by atoms with Gasteiger partial charge in [0.1, 0.15) is 6.04 Å². The Morgan fingerprint density at radius 2 is 2.08 bits per heavy atom. The third-order valence-electron chi connectivity index (χ3n) is 3.42. The van der Waals surface area contributed by atoms with Gasteiger partial charge in [0.05, 0.1) is 17.6 Å². The highest BCUT2D eigenvalue weighted by Gasteiger charge is 2.34. The van der Waals surface area contributed by atoms with Crippen LogP contribution in [0.25, 0.3) is 11.0 Å². The number of fused-ring (bicyclic) bond motifs is 1. The minimum atomic E-state index is -4.59. The van der Waals surface area contributed by atoms with Crippen LogP contribution in [0, 0.1) is 0 Å². The number of carbonyl (C=O) groups is 2. The van der Waals surface area contributed by atoms with Gasteiger partial charge in [-0.25, -0.2) is 4.98 Å². The number of carbonyl (C=O) groups excluding carboxylic acids is 1. The Morgan fingerprint density at radius 1 is 1.36 bits per heavy atom. The normalized spacial score (nSPS) is 13.0. The van der Waals surface area contributed by atoms with E-state index < -0.39 is 29.9 Å². The molecule has 1 aromatic carbocycles. The Morgan fingerprint density at radius 3 is 2.68 bits per heavy atom. The number of nitrogens with one attached hydrogen (secondary N) is 3. The van der Waals surface area contributed by atoms with Crippen molar-refractivity contribution in [2.75, 3.05) is 11.9 Å². The smallest absolute Gasteiger partial charge is 0.449 e. The minimum absolute atomic E-state index is 0.123. The van der Waals surface area contributed by atoms with Crippen LogP contribution in [0.15, 0.2) is 18.2 Å². The van der Waals surface area contributed by atoms with Crippen molar-refractivity contribution in [2.24, 2.45) is 0 Å². The second-order valence-electron chi connectivity index (χ2n) is 5.42. The maximum atomic E-state index is 12.6. The van der Waals surface area contributed by atoms with Crippen LogP contribution in [0.4, 0.5) is 18.9 Å². The Hall–Kier alpha value is -2.62. The molecule has 0 aliphatic rings. The van der Waals surface area contributed by atoms with Crippen LogP contribution in [0.2, 0.25) is 0 Å². The summed E-state index contributed by atoms with van der Waals surface area (Å²) in [4.78, 5) is 28.4. The lowest BCUT2D eigenvalue weighted by atomic mass is 10.2. The number of hydrogen-bond donors (Lipinski definition) is 4. The molecule has 10 heteroatoms. The molecule has 0 aliphatic carbocycles. The van der Waals surface area contributed by atoms with Gasteiger partial charge in [-0.05, 0) is 24.6 Å². The minimum Gasteiger partial charge on any atom is -0.480 e. The van der Waals surface area contributed by atoms with Crippen LogP contribution >= 0.6 is 0 Å². The van der Waals surface area contributed by atoms with E-state index in [1.165, 1.54) is 18.2 Å². The zero-order valence-corrected chi connectivity index (χ0v) is 13.3. The Balaban J connectivity index is 2.02. The molecule has 2 rings (SSSR count). The molecule has 0 saturated heterocycles. The van der Waals surface area contributed by atoms with E-state index in [1.54, 1.807) is 0 Å². The number of amides is 1. The van der Waals surface area contributed by atoms with Crippen LogP contribution in [0.3, 0.4) is 0 Å². The first-order valence-electron chi connectivity index (χ1n) is 7.53. The summed E-state index contributed by atoms with van der Waals surface area (Å²) in [7, 11) is 0. The average molecular weight is 358 g/mol. The second kappa shape index (κ2) is 7.51. The van der Waals surface area contributed by atoms with Gasteiger partial charge in [-0.1, -0.05) is 13.3 Å². The lowest BCUT2D eigenvalue weighted by molar-refractivity contribution is -0.144. The first-order chi connectivity index (χ1) is 11.7. The summed E-state index contributed by atoms with van der Waals surface area (Å²) in [5, 5.41) is 14.1. The van der Waals surface area contributed by atoms with Gasteiger partial charge in [-0.15, -0.1) is 0 Å². The summed E-state index contributed by atoms with van der Waals surface area (Å²) in [6.07, 6.45) is -3.57. The van der Waals surface area contributed by atoms with Crippen LogP contribution in [0.1, 0.15) is 25.6 Å². The number of anilines is 1. The molecule has 1 amide bonds. The number of imidazole rings is 1. The van der Waals surface area contributed by atoms with Gasteiger partial charge in [0.15, 0.2) is 0 Å². The molecular formula is C15H17F3N4O3. The number of rotatable bonds is 7. The highest BCUT2D eigenvalue weighted by atomic mass is 19.4. The molecule has 1 heterocycles. The fourth-order valence-corrected chi connectivity index (χ4v) is 2.24. The topological polar surface area (TPSA) is 107 Å². The number of aliphatic carboxylic acids is 1. The zero-order valence-electron chi connectivity index (χ0n) is 13.3. The van der Waals surface area contributed by atoms with Gasteiger partial charge < -0.3 is 15.4 Å². The molecule has 4 N–H and O–H groups in total. The molecule has 25 heavy (non-hydrogen) atoms. The molecule has 0 saturated carbocycles. The predicted octanol–water partition coefficient (Wildman–Crippen LogP) is 2.36. The molecule has 1 aromatic heterocycles. The molecule has 0 spiro atoms. The van der Waals surface area contributed by atoms with Gasteiger partial charge in [-0.3, -0.25) is 14.9 Å².